The molecular weight excluding hydrogens is 280 g/mol. The minimum Gasteiger partial charge on any atom is -0.333 e. The van der Waals surface area contributed by atoms with E-state index in [1.807, 2.05) is 6.07 Å². The van der Waals surface area contributed by atoms with Gasteiger partial charge in [0.25, 0.3) is 5.69 Å². The molecule has 20 heavy (non-hydrogen) atoms. The van der Waals surface area contributed by atoms with Gasteiger partial charge in [-0.15, -0.1) is 12.4 Å². The Labute approximate surface area is 123 Å². The lowest BCUT2D eigenvalue weighted by molar-refractivity contribution is -0.384. The highest BCUT2D eigenvalue weighted by atomic mass is 35.5. The largest absolute Gasteiger partial charge is 0.333 e. The standard InChI is InChI=1S/C13H9NO3.CH5N.ClH/c15-13(10-4-2-1-3-5-10)11-6-8-12(9-7-11)14(16)17;1-2;/h1-9H;2H2,1H3;1H. The second-order valence-corrected chi connectivity index (χ2v) is 3.50. The number of hydrogen-bond donors (Lipinski definition) is 1. The van der Waals surface area contributed by atoms with Gasteiger partial charge in [0.15, 0.2) is 5.78 Å². The van der Waals surface area contributed by atoms with Crippen molar-refractivity contribution in [1.29, 1.82) is 0 Å². The number of hydrogen-bond acceptors (Lipinski definition) is 4. The zero-order valence-corrected chi connectivity index (χ0v) is 11.7. The first-order valence-electron chi connectivity index (χ1n) is 5.60. The predicted molar refractivity (Wildman–Crippen MR) is 80.3 cm³/mol. The minimum atomic E-state index is -0.489. The Hall–Kier alpha value is -2.24. The van der Waals surface area contributed by atoms with Crippen molar-refractivity contribution in [1.82, 2.24) is 0 Å². The van der Waals surface area contributed by atoms with E-state index in [-0.39, 0.29) is 23.9 Å². The van der Waals surface area contributed by atoms with Crippen molar-refractivity contribution >= 4 is 23.9 Å². The average molecular weight is 295 g/mol. The maximum Gasteiger partial charge on any atom is 0.269 e. The Morgan fingerprint density at radius 1 is 0.950 bits per heavy atom. The van der Waals surface area contributed by atoms with E-state index in [1.54, 1.807) is 24.3 Å². The van der Waals surface area contributed by atoms with Gasteiger partial charge in [-0.25, -0.2) is 0 Å². The van der Waals surface area contributed by atoms with Crippen LogP contribution >= 0.6 is 12.4 Å². The molecule has 0 saturated carbocycles. The van der Waals surface area contributed by atoms with Crippen LogP contribution < -0.4 is 5.73 Å². The third-order valence-electron chi connectivity index (χ3n) is 2.38. The van der Waals surface area contributed by atoms with Gasteiger partial charge in [0, 0.05) is 23.3 Å². The van der Waals surface area contributed by atoms with Crippen molar-refractivity contribution in [3.8, 4) is 0 Å². The Balaban J connectivity index is 0.00000115. The van der Waals surface area contributed by atoms with Gasteiger partial charge in [-0.05, 0) is 19.2 Å². The molecule has 0 aliphatic heterocycles. The summed E-state index contributed by atoms with van der Waals surface area (Å²) in [5.74, 6) is -0.138. The molecule has 0 amide bonds. The number of benzene rings is 2. The highest BCUT2D eigenvalue weighted by molar-refractivity contribution is 6.09. The van der Waals surface area contributed by atoms with Crippen LogP contribution in [0.15, 0.2) is 54.6 Å². The van der Waals surface area contributed by atoms with Crippen molar-refractivity contribution < 1.29 is 9.72 Å². The summed E-state index contributed by atoms with van der Waals surface area (Å²) < 4.78 is 0. The maximum absolute atomic E-state index is 12.0. The second-order valence-electron chi connectivity index (χ2n) is 3.50. The normalized spacial score (nSPS) is 8.70. The number of rotatable bonds is 3. The van der Waals surface area contributed by atoms with E-state index in [2.05, 4.69) is 5.73 Å². The summed E-state index contributed by atoms with van der Waals surface area (Å²) in [6.45, 7) is 0. The van der Waals surface area contributed by atoms with Crippen LogP contribution in [0.3, 0.4) is 0 Å². The molecule has 0 heterocycles. The summed E-state index contributed by atoms with van der Waals surface area (Å²) in [4.78, 5) is 21.9. The quantitative estimate of drug-likeness (QED) is 0.536. The molecule has 0 unspecified atom stereocenters. The first kappa shape index (κ1) is 17.8. The topological polar surface area (TPSA) is 86.2 Å². The molecule has 0 aromatic heterocycles. The molecule has 0 bridgehead atoms. The average Bonchev–Trinajstić information content (AvgIpc) is 2.49. The Kier molecular flexibility index (Phi) is 7.81. The Morgan fingerprint density at radius 2 is 1.40 bits per heavy atom. The van der Waals surface area contributed by atoms with Crippen molar-refractivity contribution in [2.45, 2.75) is 0 Å². The number of non-ortho nitro benzene ring substituents is 1. The molecule has 0 atom stereocenters. The van der Waals surface area contributed by atoms with E-state index in [4.69, 9.17) is 0 Å². The van der Waals surface area contributed by atoms with Crippen LogP contribution in [0, 0.1) is 10.1 Å². The van der Waals surface area contributed by atoms with Gasteiger partial charge in [-0.3, -0.25) is 14.9 Å². The number of nitrogens with zero attached hydrogens (tertiary/aromatic N) is 1. The third-order valence-corrected chi connectivity index (χ3v) is 2.38. The van der Waals surface area contributed by atoms with Crippen LogP contribution in [0.25, 0.3) is 0 Å². The molecule has 0 saturated heterocycles. The summed E-state index contributed by atoms with van der Waals surface area (Å²) in [5, 5.41) is 10.5. The van der Waals surface area contributed by atoms with Crippen LogP contribution in [-0.4, -0.2) is 17.8 Å². The number of nitro groups is 1. The molecule has 5 nitrogen and oxygen atoms in total. The van der Waals surface area contributed by atoms with Gasteiger partial charge in [-0.2, -0.15) is 0 Å². The fraction of sp³-hybridized carbons (Fsp3) is 0.0714. The number of halogens is 1. The van der Waals surface area contributed by atoms with Gasteiger partial charge in [0.05, 0.1) is 4.92 Å². The van der Waals surface area contributed by atoms with Gasteiger partial charge >= 0.3 is 0 Å². The molecule has 2 rings (SSSR count). The number of carbonyl (C=O) groups is 1. The molecule has 106 valence electrons. The molecule has 2 N–H and O–H groups in total. The van der Waals surface area contributed by atoms with Crippen LogP contribution in [0.4, 0.5) is 5.69 Å². The van der Waals surface area contributed by atoms with Crippen molar-refractivity contribution in [3.63, 3.8) is 0 Å². The summed E-state index contributed by atoms with van der Waals surface area (Å²) in [7, 11) is 1.50. The lowest BCUT2D eigenvalue weighted by atomic mass is 10.0. The van der Waals surface area contributed by atoms with Gasteiger partial charge < -0.3 is 5.73 Å². The van der Waals surface area contributed by atoms with Crippen molar-refractivity contribution in [3.05, 3.63) is 75.8 Å². The lowest BCUT2D eigenvalue weighted by Crippen LogP contribution is -2.00. The SMILES string of the molecule is CN.Cl.O=C(c1ccccc1)c1ccc([N+](=O)[O-])cc1. The highest BCUT2D eigenvalue weighted by Crippen LogP contribution is 2.15. The monoisotopic (exact) mass is 294 g/mol. The number of nitrogens with two attached hydrogens (primary N) is 1. The lowest BCUT2D eigenvalue weighted by Gasteiger charge is -2.00. The summed E-state index contributed by atoms with van der Waals surface area (Å²) in [6.07, 6.45) is 0. The molecule has 0 aliphatic rings. The summed E-state index contributed by atoms with van der Waals surface area (Å²) in [5.41, 5.74) is 5.50. The van der Waals surface area contributed by atoms with Crippen LogP contribution in [0.2, 0.25) is 0 Å². The molecular formula is C14H15ClN2O3. The van der Waals surface area contributed by atoms with Gasteiger partial charge in [-0.1, -0.05) is 30.3 Å². The number of ketones is 1. The van der Waals surface area contributed by atoms with Crippen LogP contribution in [-0.2, 0) is 0 Å². The smallest absolute Gasteiger partial charge is 0.269 e. The van der Waals surface area contributed by atoms with Crippen LogP contribution in [0.1, 0.15) is 15.9 Å². The van der Waals surface area contributed by atoms with E-state index in [1.165, 1.54) is 31.3 Å². The van der Waals surface area contributed by atoms with Crippen molar-refractivity contribution in [2.75, 3.05) is 7.05 Å². The number of nitro benzene ring substituents is 1. The maximum atomic E-state index is 12.0. The molecule has 6 heteroatoms. The molecule has 0 radical (unpaired) electrons. The highest BCUT2D eigenvalue weighted by Gasteiger charge is 2.10. The zero-order chi connectivity index (χ0) is 14.3. The van der Waals surface area contributed by atoms with E-state index in [0.717, 1.165) is 0 Å². The summed E-state index contributed by atoms with van der Waals surface area (Å²) >= 11 is 0. The van der Waals surface area contributed by atoms with E-state index in [9.17, 15) is 14.9 Å². The number of carbonyl (C=O) groups excluding carboxylic acids is 1. The van der Waals surface area contributed by atoms with E-state index in [0.29, 0.717) is 11.1 Å². The Morgan fingerprint density at radius 3 is 1.85 bits per heavy atom. The zero-order valence-electron chi connectivity index (χ0n) is 10.9. The van der Waals surface area contributed by atoms with Crippen LogP contribution in [0.5, 0.6) is 0 Å². The fourth-order valence-electron chi connectivity index (χ4n) is 1.49. The predicted octanol–water partition coefficient (Wildman–Crippen LogP) is 2.82. The molecule has 0 fully saturated rings. The van der Waals surface area contributed by atoms with E-state index >= 15 is 0 Å². The molecule has 2 aromatic rings. The van der Waals surface area contributed by atoms with E-state index < -0.39 is 4.92 Å². The first-order valence-corrected chi connectivity index (χ1v) is 5.60. The summed E-state index contributed by atoms with van der Waals surface area (Å²) in [6, 6.07) is 14.4. The van der Waals surface area contributed by atoms with Gasteiger partial charge in [0.2, 0.25) is 0 Å². The molecule has 0 aliphatic carbocycles. The molecule has 0 spiro atoms. The van der Waals surface area contributed by atoms with Crippen molar-refractivity contribution in [2.24, 2.45) is 5.73 Å². The Bertz CT molecular complexity index is 556. The fourth-order valence-corrected chi connectivity index (χ4v) is 1.49. The third kappa shape index (κ3) is 4.46. The minimum absolute atomic E-state index is 0. The molecule has 2 aromatic carbocycles. The second kappa shape index (κ2) is 8.79. The first-order chi connectivity index (χ1) is 9.18. The van der Waals surface area contributed by atoms with Gasteiger partial charge in [0.1, 0.15) is 0 Å².